The second kappa shape index (κ2) is 9.09. The molecule has 1 fully saturated rings. The lowest BCUT2D eigenvalue weighted by Gasteiger charge is -2.15. The summed E-state index contributed by atoms with van der Waals surface area (Å²) in [6, 6.07) is 7.78. The average Bonchev–Trinajstić information content (AvgIpc) is 3.31. The predicted octanol–water partition coefficient (Wildman–Crippen LogP) is 3.08. The molecule has 0 amide bonds. The van der Waals surface area contributed by atoms with E-state index in [1.807, 2.05) is 34.7 Å². The van der Waals surface area contributed by atoms with Crippen molar-refractivity contribution in [3.8, 4) is 11.5 Å². The first kappa shape index (κ1) is 18.8. The van der Waals surface area contributed by atoms with Crippen molar-refractivity contribution in [2.24, 2.45) is 4.99 Å². The Labute approximate surface area is 161 Å². The summed E-state index contributed by atoms with van der Waals surface area (Å²) in [5, 5.41) is 4.44. The Morgan fingerprint density at radius 3 is 2.96 bits per heavy atom. The molecule has 0 aliphatic carbocycles. The Morgan fingerprint density at radius 2 is 2.23 bits per heavy atom. The van der Waals surface area contributed by atoms with E-state index in [4.69, 9.17) is 21.1 Å². The van der Waals surface area contributed by atoms with Crippen LogP contribution in [0.15, 0.2) is 34.6 Å². The van der Waals surface area contributed by atoms with Gasteiger partial charge >= 0.3 is 0 Å². The van der Waals surface area contributed by atoms with E-state index in [9.17, 15) is 0 Å². The number of methoxy groups -OCH3 is 1. The molecule has 140 valence electrons. The minimum absolute atomic E-state index is 0.461. The molecule has 9 heteroatoms. The molecular formula is C17H22ClN5O2S. The highest BCUT2D eigenvalue weighted by molar-refractivity contribution is 7.09. The van der Waals surface area contributed by atoms with Crippen molar-refractivity contribution in [1.29, 1.82) is 0 Å². The molecule has 0 saturated carbocycles. The molecule has 1 saturated heterocycles. The Kier molecular flexibility index (Phi) is 6.56. The number of rotatable bonds is 8. The fourth-order valence-electron chi connectivity index (χ4n) is 2.49. The maximum absolute atomic E-state index is 6.43. The van der Waals surface area contributed by atoms with Gasteiger partial charge in [-0.2, -0.15) is 5.53 Å². The Hall–Kier alpha value is -2.00. The van der Waals surface area contributed by atoms with Crippen molar-refractivity contribution in [3.63, 3.8) is 0 Å². The standard InChI is InChI=1S/C17H22ClN5O2S/c1-3-6-23-17(20-21-22-23)19-10-12-8-14(18)16(15(9-12)24-2)25-11-13-5-4-7-26-13/h4-5,7-9,21-22H,3,6,10-11H2,1-2H3,(H,19,20). The quantitative estimate of drug-likeness (QED) is 0.638. The van der Waals surface area contributed by atoms with E-state index >= 15 is 0 Å². The van der Waals surface area contributed by atoms with Crippen LogP contribution in [0.2, 0.25) is 5.02 Å². The lowest BCUT2D eigenvalue weighted by atomic mass is 10.2. The van der Waals surface area contributed by atoms with Crippen LogP contribution in [0.4, 0.5) is 0 Å². The van der Waals surface area contributed by atoms with E-state index in [1.54, 1.807) is 18.4 Å². The van der Waals surface area contributed by atoms with Crippen LogP contribution in [0.1, 0.15) is 23.8 Å². The topological polar surface area (TPSA) is 70.2 Å². The normalized spacial score (nSPS) is 15.3. The highest BCUT2D eigenvalue weighted by Gasteiger charge is 2.17. The summed E-state index contributed by atoms with van der Waals surface area (Å²) in [5.41, 5.74) is 9.75. The molecule has 3 rings (SSSR count). The maximum atomic E-state index is 6.43. The summed E-state index contributed by atoms with van der Waals surface area (Å²) in [6.07, 6.45) is 1.01. The van der Waals surface area contributed by atoms with Crippen molar-refractivity contribution in [3.05, 3.63) is 45.1 Å². The molecule has 1 aliphatic rings. The third-order valence-corrected chi connectivity index (χ3v) is 4.84. The molecule has 3 N–H and O–H groups in total. The number of ether oxygens (including phenoxy) is 2. The third kappa shape index (κ3) is 4.59. The van der Waals surface area contributed by atoms with Gasteiger partial charge in [-0.3, -0.25) is 10.4 Å². The lowest BCUT2D eigenvalue weighted by molar-refractivity contribution is 0.287. The third-order valence-electron chi connectivity index (χ3n) is 3.71. The Bertz CT molecular complexity index is 754. The number of nitrogens with one attached hydrogen (secondary N) is 3. The van der Waals surface area contributed by atoms with Crippen LogP contribution >= 0.6 is 22.9 Å². The highest BCUT2D eigenvalue weighted by atomic mass is 35.5. The highest BCUT2D eigenvalue weighted by Crippen LogP contribution is 2.37. The van der Waals surface area contributed by atoms with Gasteiger partial charge in [-0.25, -0.2) is 4.99 Å². The molecule has 1 aromatic carbocycles. The molecule has 0 atom stereocenters. The first-order valence-corrected chi connectivity index (χ1v) is 9.57. The summed E-state index contributed by atoms with van der Waals surface area (Å²) in [7, 11) is 1.61. The number of hydrazine groups is 3. The smallest absolute Gasteiger partial charge is 0.225 e. The van der Waals surface area contributed by atoms with E-state index in [0.717, 1.165) is 29.4 Å². The van der Waals surface area contributed by atoms with Crippen molar-refractivity contribution < 1.29 is 9.47 Å². The zero-order valence-corrected chi connectivity index (χ0v) is 16.3. The molecule has 0 bridgehead atoms. The van der Waals surface area contributed by atoms with Crippen LogP contribution < -0.4 is 26.0 Å². The number of hydrogen-bond donors (Lipinski definition) is 3. The van der Waals surface area contributed by atoms with Crippen LogP contribution in [-0.2, 0) is 13.2 Å². The lowest BCUT2D eigenvalue weighted by Crippen LogP contribution is -2.38. The number of aliphatic imine (C=N–C) groups is 1. The van der Waals surface area contributed by atoms with Gasteiger partial charge in [0.05, 0.1) is 18.7 Å². The van der Waals surface area contributed by atoms with Crippen molar-refractivity contribution >= 4 is 28.9 Å². The molecular weight excluding hydrogens is 374 g/mol. The number of benzene rings is 1. The molecule has 0 spiro atoms. The van der Waals surface area contributed by atoms with Gasteiger partial charge in [0.15, 0.2) is 11.5 Å². The van der Waals surface area contributed by atoms with Crippen molar-refractivity contribution in [2.45, 2.75) is 26.5 Å². The zero-order chi connectivity index (χ0) is 18.4. The monoisotopic (exact) mass is 395 g/mol. The Morgan fingerprint density at radius 1 is 1.35 bits per heavy atom. The van der Waals surface area contributed by atoms with Crippen LogP contribution in [0, 0.1) is 0 Å². The second-order valence-corrected chi connectivity index (χ2v) is 7.07. The predicted molar refractivity (Wildman–Crippen MR) is 104 cm³/mol. The minimum Gasteiger partial charge on any atom is -0.493 e. The molecule has 1 aliphatic heterocycles. The summed E-state index contributed by atoms with van der Waals surface area (Å²) < 4.78 is 11.3. The minimum atomic E-state index is 0.461. The molecule has 2 aromatic rings. The Balaban J connectivity index is 1.71. The average molecular weight is 396 g/mol. The number of hydrogen-bond acceptors (Lipinski definition) is 6. The van der Waals surface area contributed by atoms with Gasteiger partial charge in [-0.15, -0.1) is 16.9 Å². The van der Waals surface area contributed by atoms with Crippen molar-refractivity contribution in [1.82, 2.24) is 21.5 Å². The van der Waals surface area contributed by atoms with Crippen LogP contribution in [0.3, 0.4) is 0 Å². The van der Waals surface area contributed by atoms with Gasteiger partial charge in [0.25, 0.3) is 0 Å². The van der Waals surface area contributed by atoms with Crippen LogP contribution in [-0.4, -0.2) is 24.6 Å². The van der Waals surface area contributed by atoms with E-state index < -0.39 is 0 Å². The molecule has 0 radical (unpaired) electrons. The molecule has 1 aromatic heterocycles. The van der Waals surface area contributed by atoms with Gasteiger partial charge in [0.1, 0.15) is 6.61 Å². The zero-order valence-electron chi connectivity index (χ0n) is 14.7. The van der Waals surface area contributed by atoms with E-state index in [2.05, 4.69) is 28.4 Å². The van der Waals surface area contributed by atoms with Crippen LogP contribution in [0.5, 0.6) is 11.5 Å². The molecule has 26 heavy (non-hydrogen) atoms. The first-order valence-electron chi connectivity index (χ1n) is 8.31. The number of halogens is 1. The SMILES string of the molecule is CCCN1NNNC1=NCc1cc(Cl)c(OCc2cccs2)c(OC)c1. The molecule has 7 nitrogen and oxygen atoms in total. The number of thiophene rings is 1. The summed E-state index contributed by atoms with van der Waals surface area (Å²) in [6.45, 7) is 3.88. The maximum Gasteiger partial charge on any atom is 0.225 e. The van der Waals surface area contributed by atoms with E-state index in [1.165, 1.54) is 0 Å². The van der Waals surface area contributed by atoms with E-state index in [0.29, 0.717) is 29.7 Å². The fourth-order valence-corrected chi connectivity index (χ4v) is 3.39. The number of guanidine groups is 1. The second-order valence-electron chi connectivity index (χ2n) is 5.63. The van der Waals surface area contributed by atoms with Crippen LogP contribution in [0.25, 0.3) is 0 Å². The van der Waals surface area contributed by atoms with Gasteiger partial charge < -0.3 is 9.47 Å². The van der Waals surface area contributed by atoms with Gasteiger partial charge in [0.2, 0.25) is 5.96 Å². The molecule has 2 heterocycles. The largest absolute Gasteiger partial charge is 0.493 e. The van der Waals surface area contributed by atoms with Gasteiger partial charge in [-0.1, -0.05) is 24.6 Å². The fraction of sp³-hybridized carbons (Fsp3) is 0.353. The van der Waals surface area contributed by atoms with Gasteiger partial charge in [0, 0.05) is 11.4 Å². The van der Waals surface area contributed by atoms with Crippen molar-refractivity contribution in [2.75, 3.05) is 13.7 Å². The van der Waals surface area contributed by atoms with E-state index in [-0.39, 0.29) is 0 Å². The first-order chi connectivity index (χ1) is 12.7. The number of nitrogens with zero attached hydrogens (tertiary/aromatic N) is 2. The summed E-state index contributed by atoms with van der Waals surface area (Å²) in [4.78, 5) is 5.71. The summed E-state index contributed by atoms with van der Waals surface area (Å²) in [5.74, 6) is 1.89. The summed E-state index contributed by atoms with van der Waals surface area (Å²) >= 11 is 8.07. The van der Waals surface area contributed by atoms with Gasteiger partial charge in [-0.05, 0) is 35.6 Å². The molecule has 0 unspecified atom stereocenters.